The molecule has 3 N–H and O–H groups in total. The molecule has 1 aromatic heterocycles. The number of ether oxygens (including phenoxy) is 1. The number of guanidine groups is 1. The zero-order valence-electron chi connectivity index (χ0n) is 18.3. The van der Waals surface area contributed by atoms with Crippen molar-refractivity contribution in [2.45, 2.75) is 51.0 Å². The quantitative estimate of drug-likeness (QED) is 0.316. The summed E-state index contributed by atoms with van der Waals surface area (Å²) >= 11 is 1.47. The summed E-state index contributed by atoms with van der Waals surface area (Å²) in [4.78, 5) is 20.4. The first-order valence-corrected chi connectivity index (χ1v) is 12.3. The molecule has 3 rings (SSSR count). The Kier molecular flexibility index (Phi) is 9.42. The fraction of sp³-hybridized carbons (Fsp3) is 0.727. The highest BCUT2D eigenvalue weighted by molar-refractivity contribution is 7.12. The molecule has 168 valence electrons. The third-order valence-corrected chi connectivity index (χ3v) is 6.89. The van der Waals surface area contributed by atoms with Gasteiger partial charge in [-0.15, -0.1) is 11.3 Å². The van der Waals surface area contributed by atoms with Crippen molar-refractivity contribution in [2.24, 2.45) is 4.99 Å². The Morgan fingerprint density at radius 3 is 2.63 bits per heavy atom. The van der Waals surface area contributed by atoms with Gasteiger partial charge in [0.1, 0.15) is 0 Å². The van der Waals surface area contributed by atoms with Crippen molar-refractivity contribution < 1.29 is 9.53 Å². The number of aliphatic imine (C=N–C) groups is 1. The van der Waals surface area contributed by atoms with Crippen molar-refractivity contribution in [3.63, 3.8) is 0 Å². The molecule has 1 amide bonds. The Morgan fingerprint density at radius 2 is 1.93 bits per heavy atom. The minimum Gasteiger partial charge on any atom is -0.379 e. The van der Waals surface area contributed by atoms with Crippen LogP contribution in [0.15, 0.2) is 22.5 Å². The molecule has 2 aliphatic rings. The molecule has 8 heteroatoms. The van der Waals surface area contributed by atoms with Crippen molar-refractivity contribution in [1.82, 2.24) is 20.9 Å². The highest BCUT2D eigenvalue weighted by atomic mass is 32.1. The number of nitrogens with one attached hydrogen (secondary N) is 3. The van der Waals surface area contributed by atoms with E-state index in [1.54, 1.807) is 0 Å². The average molecular weight is 436 g/mol. The predicted molar refractivity (Wildman–Crippen MR) is 123 cm³/mol. The normalized spacial score (nSPS) is 20.0. The van der Waals surface area contributed by atoms with Gasteiger partial charge in [-0.2, -0.15) is 0 Å². The molecule has 0 spiro atoms. The molecular formula is C22H37N5O2S. The summed E-state index contributed by atoms with van der Waals surface area (Å²) in [5.41, 5.74) is 0.180. The summed E-state index contributed by atoms with van der Waals surface area (Å²) in [5, 5.41) is 11.7. The van der Waals surface area contributed by atoms with E-state index in [4.69, 9.17) is 9.73 Å². The van der Waals surface area contributed by atoms with Gasteiger partial charge < -0.3 is 20.7 Å². The maximum atomic E-state index is 12.0. The van der Waals surface area contributed by atoms with Crippen LogP contribution in [0.25, 0.3) is 0 Å². The molecule has 0 radical (unpaired) electrons. The molecule has 1 saturated carbocycles. The van der Waals surface area contributed by atoms with Crippen LogP contribution in [0, 0.1) is 0 Å². The van der Waals surface area contributed by atoms with Gasteiger partial charge >= 0.3 is 0 Å². The highest BCUT2D eigenvalue weighted by Crippen LogP contribution is 2.34. The van der Waals surface area contributed by atoms with Crippen LogP contribution in [0.2, 0.25) is 0 Å². The summed E-state index contributed by atoms with van der Waals surface area (Å²) in [5.74, 6) is 0.885. The van der Waals surface area contributed by atoms with Gasteiger partial charge in [-0.1, -0.05) is 25.3 Å². The predicted octanol–water partition coefficient (Wildman–Crippen LogP) is 2.46. The lowest BCUT2D eigenvalue weighted by Gasteiger charge is -2.47. The van der Waals surface area contributed by atoms with Crippen molar-refractivity contribution in [3.8, 4) is 0 Å². The first-order chi connectivity index (χ1) is 14.7. The number of carbonyl (C=O) groups excluding carboxylic acids is 1. The number of amides is 1. The lowest BCUT2D eigenvalue weighted by Crippen LogP contribution is -2.56. The largest absolute Gasteiger partial charge is 0.379 e. The lowest BCUT2D eigenvalue weighted by atomic mass is 9.80. The topological polar surface area (TPSA) is 78.0 Å². The van der Waals surface area contributed by atoms with E-state index in [-0.39, 0.29) is 11.4 Å². The zero-order chi connectivity index (χ0) is 21.1. The first kappa shape index (κ1) is 23.0. The third kappa shape index (κ3) is 6.68. The van der Waals surface area contributed by atoms with Crippen LogP contribution in [0.1, 0.15) is 55.1 Å². The second-order valence-corrected chi connectivity index (χ2v) is 9.04. The summed E-state index contributed by atoms with van der Waals surface area (Å²) in [6.45, 7) is 8.90. The molecule has 1 saturated heterocycles. The van der Waals surface area contributed by atoms with Crippen LogP contribution in [-0.4, -0.2) is 74.8 Å². The molecular weight excluding hydrogens is 398 g/mol. The van der Waals surface area contributed by atoms with E-state index in [0.29, 0.717) is 6.54 Å². The second kappa shape index (κ2) is 12.3. The summed E-state index contributed by atoms with van der Waals surface area (Å²) in [7, 11) is 0. The fourth-order valence-electron chi connectivity index (χ4n) is 4.38. The van der Waals surface area contributed by atoms with Gasteiger partial charge in [-0.05, 0) is 37.6 Å². The number of hydrogen-bond acceptors (Lipinski definition) is 5. The summed E-state index contributed by atoms with van der Waals surface area (Å²) in [6.07, 6.45) is 7.23. The van der Waals surface area contributed by atoms with E-state index < -0.39 is 0 Å². The van der Waals surface area contributed by atoms with Gasteiger partial charge in [0, 0.05) is 38.3 Å². The Labute approximate surface area is 184 Å². The van der Waals surface area contributed by atoms with Gasteiger partial charge in [-0.3, -0.25) is 14.7 Å². The van der Waals surface area contributed by atoms with E-state index in [1.807, 2.05) is 17.5 Å². The monoisotopic (exact) mass is 435 g/mol. The molecule has 2 fully saturated rings. The highest BCUT2D eigenvalue weighted by Gasteiger charge is 2.38. The molecule has 1 aliphatic heterocycles. The van der Waals surface area contributed by atoms with E-state index in [0.717, 1.165) is 63.2 Å². The Balaban J connectivity index is 1.47. The molecule has 1 aliphatic carbocycles. The van der Waals surface area contributed by atoms with Gasteiger partial charge in [0.2, 0.25) is 0 Å². The van der Waals surface area contributed by atoms with Crippen molar-refractivity contribution in [3.05, 3.63) is 22.4 Å². The van der Waals surface area contributed by atoms with Gasteiger partial charge in [0.15, 0.2) is 5.96 Å². The average Bonchev–Trinajstić information content (AvgIpc) is 3.33. The molecule has 0 aromatic carbocycles. The number of hydrogen-bond donors (Lipinski definition) is 3. The van der Waals surface area contributed by atoms with E-state index >= 15 is 0 Å². The molecule has 30 heavy (non-hydrogen) atoms. The number of carbonyl (C=O) groups is 1. The van der Waals surface area contributed by atoms with Crippen LogP contribution in [0.4, 0.5) is 0 Å². The zero-order valence-corrected chi connectivity index (χ0v) is 19.1. The SMILES string of the molecule is CCNC(=NCC1(N2CCOCC2)CCCCC1)NCCCNC(=O)c1cccs1. The first-order valence-electron chi connectivity index (χ1n) is 11.4. The molecule has 0 bridgehead atoms. The second-order valence-electron chi connectivity index (χ2n) is 8.09. The van der Waals surface area contributed by atoms with Crippen molar-refractivity contribution >= 4 is 23.2 Å². The smallest absolute Gasteiger partial charge is 0.261 e. The van der Waals surface area contributed by atoms with Crippen LogP contribution in [0.3, 0.4) is 0 Å². The summed E-state index contributed by atoms with van der Waals surface area (Å²) in [6, 6.07) is 3.75. The lowest BCUT2D eigenvalue weighted by molar-refractivity contribution is -0.0333. The number of nitrogens with zero attached hydrogens (tertiary/aromatic N) is 2. The van der Waals surface area contributed by atoms with Crippen LogP contribution in [-0.2, 0) is 4.74 Å². The molecule has 2 heterocycles. The third-order valence-electron chi connectivity index (χ3n) is 6.02. The van der Waals surface area contributed by atoms with Crippen molar-refractivity contribution in [2.75, 3.05) is 52.5 Å². The summed E-state index contributed by atoms with van der Waals surface area (Å²) < 4.78 is 5.58. The van der Waals surface area contributed by atoms with Gasteiger partial charge in [0.25, 0.3) is 5.91 Å². The number of thiophene rings is 1. The van der Waals surface area contributed by atoms with Crippen molar-refractivity contribution in [1.29, 1.82) is 0 Å². The fourth-order valence-corrected chi connectivity index (χ4v) is 5.02. The van der Waals surface area contributed by atoms with Crippen LogP contribution in [0.5, 0.6) is 0 Å². The maximum absolute atomic E-state index is 12.0. The minimum atomic E-state index is 0.00956. The standard InChI is InChI=1S/C22H37N5O2S/c1-2-23-21(25-12-7-11-24-20(28)19-8-6-17-30-19)26-18-22(9-4-3-5-10-22)27-13-15-29-16-14-27/h6,8,17H,2-5,7,9-16,18H2,1H3,(H,24,28)(H2,23,25,26). The molecule has 0 unspecified atom stereocenters. The van der Waals surface area contributed by atoms with E-state index in [9.17, 15) is 4.79 Å². The minimum absolute atomic E-state index is 0.00956. The Bertz CT molecular complexity index is 652. The number of morpholine rings is 1. The number of rotatable bonds is 9. The molecule has 7 nitrogen and oxygen atoms in total. The van der Waals surface area contributed by atoms with Gasteiger partial charge in [0.05, 0.1) is 24.6 Å². The maximum Gasteiger partial charge on any atom is 0.261 e. The van der Waals surface area contributed by atoms with Gasteiger partial charge in [-0.25, -0.2) is 0 Å². The Hall–Kier alpha value is -1.64. The van der Waals surface area contributed by atoms with E-state index in [2.05, 4.69) is 27.8 Å². The Morgan fingerprint density at radius 1 is 1.17 bits per heavy atom. The molecule has 0 atom stereocenters. The van der Waals surface area contributed by atoms with Crippen LogP contribution < -0.4 is 16.0 Å². The van der Waals surface area contributed by atoms with Crippen LogP contribution >= 0.6 is 11.3 Å². The molecule has 1 aromatic rings. The van der Waals surface area contributed by atoms with E-state index in [1.165, 1.54) is 43.4 Å².